The van der Waals surface area contributed by atoms with Crippen LogP contribution >= 0.6 is 12.2 Å². The van der Waals surface area contributed by atoms with E-state index in [2.05, 4.69) is 0 Å². The Morgan fingerprint density at radius 3 is 2.56 bits per heavy atom. The number of amides is 1. The van der Waals surface area contributed by atoms with E-state index < -0.39 is 15.1 Å². The summed E-state index contributed by atoms with van der Waals surface area (Å²) in [6, 6.07) is -0.260. The molecule has 5 nitrogen and oxygen atoms in total. The summed E-state index contributed by atoms with van der Waals surface area (Å²) in [6.45, 7) is 0.562. The minimum absolute atomic E-state index is 0.120. The topological polar surface area (TPSA) is 80.5 Å². The van der Waals surface area contributed by atoms with E-state index in [0.29, 0.717) is 19.4 Å². The predicted molar refractivity (Wildman–Crippen MR) is 72.9 cm³/mol. The average Bonchev–Trinajstić information content (AvgIpc) is 2.76. The fraction of sp³-hybridized carbons (Fsp3) is 0.818. The number of hydrogen-bond donors (Lipinski definition) is 1. The van der Waals surface area contributed by atoms with E-state index in [1.165, 1.54) is 0 Å². The summed E-state index contributed by atoms with van der Waals surface area (Å²) >= 11 is 4.94. The van der Waals surface area contributed by atoms with Crippen molar-refractivity contribution in [2.24, 2.45) is 5.73 Å². The van der Waals surface area contributed by atoms with Crippen molar-refractivity contribution in [3.63, 3.8) is 0 Å². The summed E-state index contributed by atoms with van der Waals surface area (Å²) in [5, 5.41) is -0.874. The maximum absolute atomic E-state index is 12.4. The van der Waals surface area contributed by atoms with Crippen molar-refractivity contribution in [3.05, 3.63) is 0 Å². The highest BCUT2D eigenvalue weighted by Crippen LogP contribution is 2.25. The van der Waals surface area contributed by atoms with Crippen LogP contribution in [-0.2, 0) is 14.6 Å². The quantitative estimate of drug-likeness (QED) is 0.736. The Morgan fingerprint density at radius 1 is 1.22 bits per heavy atom. The van der Waals surface area contributed by atoms with Crippen LogP contribution in [0.2, 0.25) is 0 Å². The lowest BCUT2D eigenvalue weighted by atomic mass is 10.1. The van der Waals surface area contributed by atoms with E-state index in [-0.39, 0.29) is 22.7 Å². The van der Waals surface area contributed by atoms with Gasteiger partial charge in [0, 0.05) is 6.54 Å². The number of nitrogens with zero attached hydrogens (tertiary/aromatic N) is 1. The highest BCUT2D eigenvalue weighted by molar-refractivity contribution is 7.92. The minimum Gasteiger partial charge on any atom is -0.392 e. The molecule has 2 fully saturated rings. The number of carbonyl (C=O) groups excluding carboxylic acids is 1. The van der Waals surface area contributed by atoms with E-state index in [1.807, 2.05) is 0 Å². The van der Waals surface area contributed by atoms with Gasteiger partial charge in [0.1, 0.15) is 5.25 Å². The zero-order chi connectivity index (χ0) is 13.3. The highest BCUT2D eigenvalue weighted by atomic mass is 32.2. The van der Waals surface area contributed by atoms with Crippen molar-refractivity contribution < 1.29 is 13.2 Å². The van der Waals surface area contributed by atoms with E-state index in [1.54, 1.807) is 4.90 Å². The number of thiocarbonyl (C=S) groups is 1. The van der Waals surface area contributed by atoms with Crippen molar-refractivity contribution >= 4 is 33.0 Å². The second kappa shape index (κ2) is 5.13. The molecule has 0 spiro atoms. The van der Waals surface area contributed by atoms with Gasteiger partial charge in [0.15, 0.2) is 9.84 Å². The van der Waals surface area contributed by atoms with Crippen molar-refractivity contribution in [2.45, 2.75) is 43.4 Å². The summed E-state index contributed by atoms with van der Waals surface area (Å²) in [4.78, 5) is 14.2. The lowest BCUT2D eigenvalue weighted by Crippen LogP contribution is -2.50. The smallest absolute Gasteiger partial charge is 0.241 e. The predicted octanol–water partition coefficient (Wildman–Crippen LogP) is 0.231. The number of nitrogens with two attached hydrogens (primary N) is 1. The second-order valence-electron chi connectivity index (χ2n) is 4.94. The van der Waals surface area contributed by atoms with Crippen molar-refractivity contribution in [3.8, 4) is 0 Å². The van der Waals surface area contributed by atoms with Gasteiger partial charge in [-0.2, -0.15) is 0 Å². The molecule has 0 aromatic rings. The molecule has 2 N–H and O–H groups in total. The summed E-state index contributed by atoms with van der Waals surface area (Å²) < 4.78 is 23.9. The molecule has 0 aromatic carbocycles. The third-order valence-electron chi connectivity index (χ3n) is 3.72. The molecule has 0 radical (unpaired) electrons. The van der Waals surface area contributed by atoms with Crippen LogP contribution < -0.4 is 5.73 Å². The van der Waals surface area contributed by atoms with Gasteiger partial charge in [0.05, 0.1) is 16.8 Å². The third kappa shape index (κ3) is 2.51. The summed E-state index contributed by atoms with van der Waals surface area (Å²) in [6.07, 6.45) is 3.46. The number of sulfone groups is 1. The van der Waals surface area contributed by atoms with Gasteiger partial charge in [0.2, 0.25) is 5.91 Å². The van der Waals surface area contributed by atoms with E-state index in [0.717, 1.165) is 19.3 Å². The molecule has 0 aromatic heterocycles. The normalized spacial score (nSPS) is 31.2. The Morgan fingerprint density at radius 2 is 1.94 bits per heavy atom. The molecule has 2 unspecified atom stereocenters. The lowest BCUT2D eigenvalue weighted by Gasteiger charge is -2.29. The molecule has 2 rings (SSSR count). The van der Waals surface area contributed by atoms with E-state index >= 15 is 0 Å². The zero-order valence-electron chi connectivity index (χ0n) is 10.2. The summed E-state index contributed by atoms with van der Waals surface area (Å²) in [5.74, 6) is -0.181. The van der Waals surface area contributed by atoms with Gasteiger partial charge in [-0.05, 0) is 25.7 Å². The lowest BCUT2D eigenvalue weighted by molar-refractivity contribution is -0.130. The summed E-state index contributed by atoms with van der Waals surface area (Å²) in [5.41, 5.74) is 5.61. The SMILES string of the molecule is NC(=S)C1CCCN1C(=O)C1CCCCS1(=O)=O. The van der Waals surface area contributed by atoms with Gasteiger partial charge in [-0.1, -0.05) is 18.6 Å². The first-order valence-electron chi connectivity index (χ1n) is 6.25. The number of rotatable bonds is 2. The van der Waals surface area contributed by atoms with Gasteiger partial charge in [-0.25, -0.2) is 8.42 Å². The first kappa shape index (κ1) is 13.7. The first-order valence-corrected chi connectivity index (χ1v) is 8.37. The van der Waals surface area contributed by atoms with Crippen molar-refractivity contribution in [2.75, 3.05) is 12.3 Å². The van der Waals surface area contributed by atoms with Crippen LogP contribution in [0, 0.1) is 0 Å². The van der Waals surface area contributed by atoms with Gasteiger partial charge in [-0.15, -0.1) is 0 Å². The molecule has 2 aliphatic heterocycles. The van der Waals surface area contributed by atoms with E-state index in [4.69, 9.17) is 18.0 Å². The van der Waals surface area contributed by atoms with Crippen LogP contribution in [-0.4, -0.2) is 47.8 Å². The van der Waals surface area contributed by atoms with Crippen LogP contribution in [0.1, 0.15) is 32.1 Å². The van der Waals surface area contributed by atoms with Crippen molar-refractivity contribution in [1.82, 2.24) is 4.90 Å². The molecule has 102 valence electrons. The molecule has 18 heavy (non-hydrogen) atoms. The van der Waals surface area contributed by atoms with Gasteiger partial charge in [-0.3, -0.25) is 4.79 Å². The van der Waals surface area contributed by atoms with Crippen LogP contribution in [0.5, 0.6) is 0 Å². The van der Waals surface area contributed by atoms with Crippen LogP contribution in [0.25, 0.3) is 0 Å². The zero-order valence-corrected chi connectivity index (χ0v) is 11.8. The number of likely N-dealkylation sites (tertiary alicyclic amines) is 1. The monoisotopic (exact) mass is 290 g/mol. The Bertz CT molecular complexity index is 461. The molecule has 2 saturated heterocycles. The molecule has 7 heteroatoms. The molecule has 0 saturated carbocycles. The van der Waals surface area contributed by atoms with Crippen LogP contribution in [0.15, 0.2) is 0 Å². The molecule has 2 heterocycles. The number of hydrogen-bond acceptors (Lipinski definition) is 4. The summed E-state index contributed by atoms with van der Waals surface area (Å²) in [7, 11) is -3.28. The fourth-order valence-electron chi connectivity index (χ4n) is 2.74. The van der Waals surface area contributed by atoms with Crippen molar-refractivity contribution in [1.29, 1.82) is 0 Å². The Labute approximate surface area is 113 Å². The average molecular weight is 290 g/mol. The standard InChI is InChI=1S/C11H18N2O3S2/c12-10(17)8-4-3-6-13(8)11(14)9-5-1-2-7-18(9,15)16/h8-9H,1-7H2,(H2,12,17). The van der Waals surface area contributed by atoms with Gasteiger partial charge < -0.3 is 10.6 Å². The molecule has 1 amide bonds. The largest absolute Gasteiger partial charge is 0.392 e. The molecular weight excluding hydrogens is 272 g/mol. The molecular formula is C11H18N2O3S2. The maximum atomic E-state index is 12.4. The third-order valence-corrected chi connectivity index (χ3v) is 6.15. The maximum Gasteiger partial charge on any atom is 0.241 e. The minimum atomic E-state index is -3.28. The van der Waals surface area contributed by atoms with Crippen LogP contribution in [0.3, 0.4) is 0 Å². The van der Waals surface area contributed by atoms with Gasteiger partial charge in [0.25, 0.3) is 0 Å². The Kier molecular flexibility index (Phi) is 3.91. The number of carbonyl (C=O) groups is 1. The molecule has 2 aliphatic rings. The highest BCUT2D eigenvalue weighted by Gasteiger charge is 2.41. The Hall–Kier alpha value is -0.690. The molecule has 2 atom stereocenters. The van der Waals surface area contributed by atoms with Gasteiger partial charge >= 0.3 is 0 Å². The second-order valence-corrected chi connectivity index (χ2v) is 7.72. The first-order chi connectivity index (χ1) is 8.43. The van der Waals surface area contributed by atoms with Crippen LogP contribution in [0.4, 0.5) is 0 Å². The molecule has 0 aliphatic carbocycles. The molecule has 0 bridgehead atoms. The fourth-order valence-corrected chi connectivity index (χ4v) is 4.85. The van der Waals surface area contributed by atoms with E-state index in [9.17, 15) is 13.2 Å². The Balaban J connectivity index is 2.18.